The van der Waals surface area contributed by atoms with Gasteiger partial charge in [0.25, 0.3) is 0 Å². The van der Waals surface area contributed by atoms with E-state index < -0.39 is 0 Å². The van der Waals surface area contributed by atoms with Crippen LogP contribution < -0.4 is 0 Å². The van der Waals surface area contributed by atoms with Gasteiger partial charge in [0.1, 0.15) is 5.76 Å². The van der Waals surface area contributed by atoms with Gasteiger partial charge in [0.15, 0.2) is 0 Å². The molecule has 1 aliphatic rings. The lowest BCUT2D eigenvalue weighted by Gasteiger charge is -2.28. The van der Waals surface area contributed by atoms with E-state index in [0.717, 1.165) is 37.2 Å². The number of hydrogen-bond acceptors (Lipinski definition) is 4. The minimum atomic E-state index is -0.0663. The summed E-state index contributed by atoms with van der Waals surface area (Å²) in [6.45, 7) is 4.35. The highest BCUT2D eigenvalue weighted by molar-refractivity contribution is 5.85. The second kappa shape index (κ2) is 11.6. The van der Waals surface area contributed by atoms with Crippen LogP contribution >= 0.6 is 0 Å². The molecule has 0 N–H and O–H groups in total. The Balaban J connectivity index is 1.61. The molecule has 6 nitrogen and oxygen atoms in total. The summed E-state index contributed by atoms with van der Waals surface area (Å²) in [6, 6.07) is 13.7. The predicted octanol–water partition coefficient (Wildman–Crippen LogP) is 3.66. The quantitative estimate of drug-likeness (QED) is 0.565. The zero-order chi connectivity index (χ0) is 21.2. The molecule has 1 saturated heterocycles. The first-order valence-electron chi connectivity index (χ1n) is 10.9. The molecule has 162 valence electrons. The van der Waals surface area contributed by atoms with Gasteiger partial charge < -0.3 is 19.0 Å². The van der Waals surface area contributed by atoms with Crippen LogP contribution in [0.1, 0.15) is 43.9 Å². The smallest absolute Gasteiger partial charge is 0.242 e. The third kappa shape index (κ3) is 6.73. The Hall–Kier alpha value is -2.60. The molecule has 6 heteroatoms. The summed E-state index contributed by atoms with van der Waals surface area (Å²) in [6.07, 6.45) is 5.54. The van der Waals surface area contributed by atoms with Gasteiger partial charge in [-0.25, -0.2) is 0 Å². The molecule has 1 aliphatic heterocycles. The summed E-state index contributed by atoms with van der Waals surface area (Å²) in [7, 11) is 0. The average molecular weight is 413 g/mol. The molecule has 2 heterocycles. The Morgan fingerprint density at radius 1 is 1.07 bits per heavy atom. The van der Waals surface area contributed by atoms with E-state index in [1.54, 1.807) is 16.1 Å². The summed E-state index contributed by atoms with van der Waals surface area (Å²) in [5.41, 5.74) is 1.13. The van der Waals surface area contributed by atoms with Crippen LogP contribution in [-0.2, 0) is 27.3 Å². The number of nitrogens with zero attached hydrogens (tertiary/aromatic N) is 2. The Labute approximate surface area is 178 Å². The van der Waals surface area contributed by atoms with Crippen LogP contribution in [0.2, 0.25) is 0 Å². The van der Waals surface area contributed by atoms with E-state index in [2.05, 4.69) is 0 Å². The third-order valence-electron chi connectivity index (χ3n) is 5.37. The Morgan fingerprint density at radius 2 is 1.90 bits per heavy atom. The summed E-state index contributed by atoms with van der Waals surface area (Å²) in [4.78, 5) is 29.5. The average Bonchev–Trinajstić information content (AvgIpc) is 3.46. The molecule has 2 aromatic rings. The number of carbonyl (C=O) groups is 2. The maximum absolute atomic E-state index is 13.2. The standard InChI is InChI=1S/C24H32N2O4/c1-2-14-25(23(27)13-12-20-8-4-3-5-9-20)19-24(28)26(17-21-10-6-15-29-21)18-22-11-7-16-30-22/h3-6,8-10,15,22H,2,7,11-14,16-19H2,1H3/t22-/m0/s1. The van der Waals surface area contributed by atoms with Crippen LogP contribution in [0.3, 0.4) is 0 Å². The number of amides is 2. The molecule has 2 amide bonds. The van der Waals surface area contributed by atoms with Crippen LogP contribution in [0.5, 0.6) is 0 Å². The van der Waals surface area contributed by atoms with E-state index in [1.165, 1.54) is 0 Å². The SMILES string of the molecule is CCCN(CC(=O)N(Cc1ccco1)C[C@@H]1CCCO1)C(=O)CCc1ccccc1. The number of benzene rings is 1. The van der Waals surface area contributed by atoms with Crippen molar-refractivity contribution in [3.05, 3.63) is 60.1 Å². The van der Waals surface area contributed by atoms with E-state index in [4.69, 9.17) is 9.15 Å². The maximum atomic E-state index is 13.2. The first kappa shape index (κ1) is 22.1. The largest absolute Gasteiger partial charge is 0.467 e. The highest BCUT2D eigenvalue weighted by Gasteiger charge is 2.26. The van der Waals surface area contributed by atoms with Crippen molar-refractivity contribution in [2.75, 3.05) is 26.2 Å². The summed E-state index contributed by atoms with van der Waals surface area (Å²) < 4.78 is 11.2. The van der Waals surface area contributed by atoms with Gasteiger partial charge in [-0.05, 0) is 43.4 Å². The molecule has 0 aliphatic carbocycles. The molecule has 1 aromatic heterocycles. The van der Waals surface area contributed by atoms with Crippen LogP contribution in [0, 0.1) is 0 Å². The molecule has 1 atom stereocenters. The van der Waals surface area contributed by atoms with Gasteiger partial charge in [-0.3, -0.25) is 9.59 Å². The van der Waals surface area contributed by atoms with Crippen molar-refractivity contribution in [1.29, 1.82) is 0 Å². The van der Waals surface area contributed by atoms with E-state index in [0.29, 0.717) is 32.5 Å². The van der Waals surface area contributed by atoms with Gasteiger partial charge in [-0.15, -0.1) is 0 Å². The highest BCUT2D eigenvalue weighted by atomic mass is 16.5. The fourth-order valence-corrected chi connectivity index (χ4v) is 3.76. The van der Waals surface area contributed by atoms with Crippen molar-refractivity contribution in [2.24, 2.45) is 0 Å². The highest BCUT2D eigenvalue weighted by Crippen LogP contribution is 2.16. The molecule has 0 unspecified atom stereocenters. The summed E-state index contributed by atoms with van der Waals surface area (Å²) >= 11 is 0. The first-order chi connectivity index (χ1) is 14.7. The van der Waals surface area contributed by atoms with Gasteiger partial charge in [0.2, 0.25) is 11.8 Å². The van der Waals surface area contributed by atoms with Crippen LogP contribution in [0.4, 0.5) is 0 Å². The predicted molar refractivity (Wildman–Crippen MR) is 115 cm³/mol. The summed E-state index contributed by atoms with van der Waals surface area (Å²) in [5, 5.41) is 0. The molecule has 0 bridgehead atoms. The van der Waals surface area contributed by atoms with Gasteiger partial charge in [0, 0.05) is 26.1 Å². The van der Waals surface area contributed by atoms with Crippen molar-refractivity contribution in [2.45, 2.75) is 51.7 Å². The van der Waals surface area contributed by atoms with E-state index >= 15 is 0 Å². The number of ether oxygens (including phenoxy) is 1. The molecule has 1 fully saturated rings. The molecular formula is C24H32N2O4. The van der Waals surface area contributed by atoms with E-state index in [-0.39, 0.29) is 24.5 Å². The Bertz CT molecular complexity index is 770. The van der Waals surface area contributed by atoms with Gasteiger partial charge >= 0.3 is 0 Å². The number of rotatable bonds is 11. The topological polar surface area (TPSA) is 63.0 Å². The fourth-order valence-electron chi connectivity index (χ4n) is 3.76. The van der Waals surface area contributed by atoms with Crippen LogP contribution in [0.25, 0.3) is 0 Å². The van der Waals surface area contributed by atoms with Crippen LogP contribution in [0.15, 0.2) is 53.1 Å². The number of hydrogen-bond donors (Lipinski definition) is 0. The molecule has 1 aromatic carbocycles. The lowest BCUT2D eigenvalue weighted by molar-refractivity contribution is -0.142. The molecule has 0 saturated carbocycles. The number of furan rings is 1. The van der Waals surface area contributed by atoms with Gasteiger partial charge in [0.05, 0.1) is 25.5 Å². The minimum Gasteiger partial charge on any atom is -0.467 e. The van der Waals surface area contributed by atoms with Crippen molar-refractivity contribution in [3.63, 3.8) is 0 Å². The minimum absolute atomic E-state index is 0.0177. The normalized spacial score (nSPS) is 15.8. The third-order valence-corrected chi connectivity index (χ3v) is 5.37. The van der Waals surface area contributed by atoms with Crippen molar-refractivity contribution < 1.29 is 18.7 Å². The zero-order valence-electron chi connectivity index (χ0n) is 17.8. The fraction of sp³-hybridized carbons (Fsp3) is 0.500. The number of carbonyl (C=O) groups excluding carboxylic acids is 2. The first-order valence-corrected chi connectivity index (χ1v) is 10.9. The zero-order valence-corrected chi connectivity index (χ0v) is 17.8. The lowest BCUT2D eigenvalue weighted by atomic mass is 10.1. The van der Waals surface area contributed by atoms with Gasteiger partial charge in [-0.2, -0.15) is 0 Å². The molecular weight excluding hydrogens is 380 g/mol. The number of aryl methyl sites for hydroxylation is 1. The second-order valence-corrected chi connectivity index (χ2v) is 7.79. The molecule has 0 radical (unpaired) electrons. The van der Waals surface area contributed by atoms with Crippen LogP contribution in [-0.4, -0.2) is 54.0 Å². The summed E-state index contributed by atoms with van der Waals surface area (Å²) in [5.74, 6) is 0.686. The molecule has 30 heavy (non-hydrogen) atoms. The van der Waals surface area contributed by atoms with Crippen molar-refractivity contribution >= 4 is 11.8 Å². The van der Waals surface area contributed by atoms with E-state index in [1.807, 2.05) is 49.4 Å². The van der Waals surface area contributed by atoms with Crippen molar-refractivity contribution in [1.82, 2.24) is 9.80 Å². The van der Waals surface area contributed by atoms with Crippen molar-refractivity contribution in [3.8, 4) is 0 Å². The molecule has 0 spiro atoms. The van der Waals surface area contributed by atoms with Gasteiger partial charge in [-0.1, -0.05) is 37.3 Å². The maximum Gasteiger partial charge on any atom is 0.242 e. The monoisotopic (exact) mass is 412 g/mol. The Morgan fingerprint density at radius 3 is 2.57 bits per heavy atom. The lowest BCUT2D eigenvalue weighted by Crippen LogP contribution is -2.45. The van der Waals surface area contributed by atoms with E-state index in [9.17, 15) is 9.59 Å². The Kier molecular flexibility index (Phi) is 8.51. The second-order valence-electron chi connectivity index (χ2n) is 7.79. The molecule has 3 rings (SSSR count).